The number of rotatable bonds is 4. The van der Waals surface area contributed by atoms with Crippen LogP contribution in [-0.2, 0) is 4.74 Å². The first kappa shape index (κ1) is 12.8. The van der Waals surface area contributed by atoms with Gasteiger partial charge in [-0.15, -0.1) is 0 Å². The molecule has 88 valence electrons. The van der Waals surface area contributed by atoms with E-state index in [1.807, 2.05) is 0 Å². The maximum atomic E-state index is 12.0. The number of hydrogen-bond acceptors (Lipinski definition) is 3. The Kier molecular flexibility index (Phi) is 4.58. The molecule has 0 bridgehead atoms. The highest BCUT2D eigenvalue weighted by Crippen LogP contribution is 2.23. The fourth-order valence-corrected chi connectivity index (χ4v) is 1.43. The molecule has 4 nitrogen and oxygen atoms in total. The number of para-hydroxylation sites is 1. The monoisotopic (exact) mass is 242 g/mol. The van der Waals surface area contributed by atoms with Gasteiger partial charge in [-0.05, 0) is 12.1 Å². The lowest BCUT2D eigenvalue weighted by Gasteiger charge is -2.17. The molecule has 0 heterocycles. The second kappa shape index (κ2) is 5.72. The van der Waals surface area contributed by atoms with Crippen LogP contribution in [0.25, 0.3) is 0 Å². The lowest BCUT2D eigenvalue weighted by atomic mass is 10.1. The summed E-state index contributed by atoms with van der Waals surface area (Å²) >= 11 is 5.85. The fourth-order valence-electron chi connectivity index (χ4n) is 1.26. The maximum absolute atomic E-state index is 12.0. The number of nitrogen functional groups attached to an aromatic ring is 1. The molecule has 0 atom stereocenters. The molecule has 0 spiro atoms. The molecular weight excluding hydrogens is 228 g/mol. The van der Waals surface area contributed by atoms with E-state index in [2.05, 4.69) is 0 Å². The predicted octanol–water partition coefficient (Wildman–Crippen LogP) is 1.64. The number of hydrogen-bond donors (Lipinski definition) is 1. The number of benzene rings is 1. The largest absolute Gasteiger partial charge is 0.397 e. The first-order valence-corrected chi connectivity index (χ1v) is 5.24. The molecule has 1 aromatic carbocycles. The standard InChI is InChI=1S/C11H15ClN2O2/c1-14(6-7-16-2)11(15)8-4-3-5-9(12)10(8)13/h3-5H,6-7,13H2,1-2H3. The molecule has 0 aliphatic carbocycles. The molecule has 0 aliphatic rings. The van der Waals surface area contributed by atoms with E-state index in [0.717, 1.165) is 0 Å². The minimum Gasteiger partial charge on any atom is -0.397 e. The van der Waals surface area contributed by atoms with Crippen LogP contribution in [0.1, 0.15) is 10.4 Å². The fraction of sp³-hybridized carbons (Fsp3) is 0.364. The van der Waals surface area contributed by atoms with Crippen molar-refractivity contribution < 1.29 is 9.53 Å². The molecule has 2 N–H and O–H groups in total. The summed E-state index contributed by atoms with van der Waals surface area (Å²) in [7, 11) is 3.29. The van der Waals surface area contributed by atoms with E-state index in [0.29, 0.717) is 29.4 Å². The summed E-state index contributed by atoms with van der Waals surface area (Å²) in [6.45, 7) is 1.00. The second-order valence-electron chi connectivity index (χ2n) is 3.42. The van der Waals surface area contributed by atoms with E-state index in [1.165, 1.54) is 0 Å². The lowest BCUT2D eigenvalue weighted by molar-refractivity contribution is 0.0745. The third kappa shape index (κ3) is 2.87. The van der Waals surface area contributed by atoms with Gasteiger partial charge in [0.05, 0.1) is 22.9 Å². The minimum absolute atomic E-state index is 0.156. The smallest absolute Gasteiger partial charge is 0.255 e. The van der Waals surface area contributed by atoms with Crippen LogP contribution in [0.4, 0.5) is 5.69 Å². The number of likely N-dealkylation sites (N-methyl/N-ethyl adjacent to an activating group) is 1. The van der Waals surface area contributed by atoms with Gasteiger partial charge >= 0.3 is 0 Å². The number of amides is 1. The van der Waals surface area contributed by atoms with Crippen molar-refractivity contribution in [3.8, 4) is 0 Å². The Bertz CT molecular complexity index is 382. The van der Waals surface area contributed by atoms with Crippen molar-refractivity contribution in [3.05, 3.63) is 28.8 Å². The Morgan fingerprint density at radius 1 is 1.56 bits per heavy atom. The molecule has 0 saturated carbocycles. The van der Waals surface area contributed by atoms with Crippen molar-refractivity contribution in [3.63, 3.8) is 0 Å². The van der Waals surface area contributed by atoms with E-state index in [-0.39, 0.29) is 5.91 Å². The van der Waals surface area contributed by atoms with Gasteiger partial charge in [-0.1, -0.05) is 17.7 Å². The summed E-state index contributed by atoms with van der Waals surface area (Å²) in [4.78, 5) is 13.5. The zero-order valence-corrected chi connectivity index (χ0v) is 10.1. The number of halogens is 1. The van der Waals surface area contributed by atoms with Gasteiger partial charge in [0.2, 0.25) is 0 Å². The average Bonchev–Trinajstić information content (AvgIpc) is 2.28. The zero-order chi connectivity index (χ0) is 12.1. The first-order valence-electron chi connectivity index (χ1n) is 4.86. The third-order valence-electron chi connectivity index (χ3n) is 2.26. The summed E-state index contributed by atoms with van der Waals surface area (Å²) < 4.78 is 4.90. The molecule has 16 heavy (non-hydrogen) atoms. The summed E-state index contributed by atoms with van der Waals surface area (Å²) in [5, 5.41) is 0.394. The van der Waals surface area contributed by atoms with Gasteiger partial charge in [0.15, 0.2) is 0 Å². The van der Waals surface area contributed by atoms with Crippen molar-refractivity contribution in [2.75, 3.05) is 33.0 Å². The van der Waals surface area contributed by atoms with Crippen LogP contribution in [0.5, 0.6) is 0 Å². The van der Waals surface area contributed by atoms with Gasteiger partial charge in [-0.3, -0.25) is 4.79 Å². The van der Waals surface area contributed by atoms with E-state index in [1.54, 1.807) is 37.3 Å². The first-order chi connectivity index (χ1) is 7.57. The van der Waals surface area contributed by atoms with Gasteiger partial charge in [0.25, 0.3) is 5.91 Å². The molecule has 1 aromatic rings. The van der Waals surface area contributed by atoms with Crippen LogP contribution in [-0.4, -0.2) is 38.1 Å². The van der Waals surface area contributed by atoms with Crippen LogP contribution in [0.2, 0.25) is 5.02 Å². The number of nitrogens with two attached hydrogens (primary N) is 1. The molecule has 1 amide bonds. The summed E-state index contributed by atoms with van der Waals surface area (Å²) in [6, 6.07) is 5.02. The van der Waals surface area contributed by atoms with E-state index in [4.69, 9.17) is 22.1 Å². The van der Waals surface area contributed by atoms with Crippen molar-refractivity contribution in [2.45, 2.75) is 0 Å². The zero-order valence-electron chi connectivity index (χ0n) is 9.37. The number of ether oxygens (including phenoxy) is 1. The number of anilines is 1. The van der Waals surface area contributed by atoms with Gasteiger partial charge in [0, 0.05) is 20.7 Å². The quantitative estimate of drug-likeness (QED) is 0.817. The Labute approximate surface area is 99.9 Å². The molecule has 1 rings (SSSR count). The Morgan fingerprint density at radius 2 is 2.25 bits per heavy atom. The maximum Gasteiger partial charge on any atom is 0.255 e. The number of carbonyl (C=O) groups excluding carboxylic acids is 1. The Morgan fingerprint density at radius 3 is 2.88 bits per heavy atom. The number of methoxy groups -OCH3 is 1. The molecule has 0 aromatic heterocycles. The minimum atomic E-state index is -0.156. The molecule has 0 saturated heterocycles. The summed E-state index contributed by atoms with van der Waals surface area (Å²) in [5.74, 6) is -0.156. The van der Waals surface area contributed by atoms with E-state index in [9.17, 15) is 4.79 Å². The topological polar surface area (TPSA) is 55.6 Å². The number of nitrogens with zero attached hydrogens (tertiary/aromatic N) is 1. The molecule has 0 fully saturated rings. The average molecular weight is 243 g/mol. The third-order valence-corrected chi connectivity index (χ3v) is 2.59. The predicted molar refractivity (Wildman–Crippen MR) is 64.7 cm³/mol. The van der Waals surface area contributed by atoms with Crippen LogP contribution < -0.4 is 5.73 Å². The Hall–Kier alpha value is -1.26. The van der Waals surface area contributed by atoms with Crippen molar-refractivity contribution in [1.82, 2.24) is 4.90 Å². The van der Waals surface area contributed by atoms with Gasteiger partial charge in [-0.25, -0.2) is 0 Å². The lowest BCUT2D eigenvalue weighted by Crippen LogP contribution is -2.30. The summed E-state index contributed by atoms with van der Waals surface area (Å²) in [6.07, 6.45) is 0. The highest BCUT2D eigenvalue weighted by molar-refractivity contribution is 6.33. The van der Waals surface area contributed by atoms with Crippen LogP contribution in [0, 0.1) is 0 Å². The molecule has 0 aliphatic heterocycles. The van der Waals surface area contributed by atoms with Crippen LogP contribution >= 0.6 is 11.6 Å². The van der Waals surface area contributed by atoms with Crippen molar-refractivity contribution >= 4 is 23.2 Å². The van der Waals surface area contributed by atoms with Crippen molar-refractivity contribution in [2.24, 2.45) is 0 Å². The van der Waals surface area contributed by atoms with Gasteiger partial charge in [-0.2, -0.15) is 0 Å². The molecular formula is C11H15ClN2O2. The van der Waals surface area contributed by atoms with Gasteiger partial charge < -0.3 is 15.4 Å². The summed E-state index contributed by atoms with van der Waals surface area (Å²) in [5.41, 5.74) is 6.48. The second-order valence-corrected chi connectivity index (χ2v) is 3.83. The van der Waals surface area contributed by atoms with E-state index >= 15 is 0 Å². The normalized spacial score (nSPS) is 10.2. The van der Waals surface area contributed by atoms with E-state index < -0.39 is 0 Å². The number of carbonyl (C=O) groups is 1. The SMILES string of the molecule is COCCN(C)C(=O)c1cccc(Cl)c1N. The molecule has 5 heteroatoms. The van der Waals surface area contributed by atoms with Gasteiger partial charge in [0.1, 0.15) is 0 Å². The van der Waals surface area contributed by atoms with Crippen molar-refractivity contribution in [1.29, 1.82) is 0 Å². The van der Waals surface area contributed by atoms with Crippen LogP contribution in [0.3, 0.4) is 0 Å². The molecule has 0 radical (unpaired) electrons. The van der Waals surface area contributed by atoms with Crippen LogP contribution in [0.15, 0.2) is 18.2 Å². The highest BCUT2D eigenvalue weighted by Gasteiger charge is 2.15. The molecule has 0 unspecified atom stereocenters. The Balaban J connectivity index is 2.84. The highest BCUT2D eigenvalue weighted by atomic mass is 35.5.